The molecule has 0 N–H and O–H groups in total. The number of hydrogen-bond donors (Lipinski definition) is 0. The molecule has 0 saturated carbocycles. The molecule has 0 spiro atoms. The number of hydrogen-bond acceptors (Lipinski definition) is 0. The Balaban J connectivity index is 2.68. The molecule has 0 aliphatic carbocycles. The Morgan fingerprint density at radius 2 is 1.75 bits per heavy atom. The van der Waals surface area contributed by atoms with Gasteiger partial charge in [-0.05, 0) is 36.2 Å². The van der Waals surface area contributed by atoms with Gasteiger partial charge in [-0.3, -0.25) is 0 Å². The molecular formula is C13H9Br2F. The highest BCUT2D eigenvalue weighted by atomic mass is 79.9. The molecule has 0 heterocycles. The minimum atomic E-state index is -0.223. The molecule has 0 aliphatic heterocycles. The summed E-state index contributed by atoms with van der Waals surface area (Å²) in [6.45, 7) is 2.00. The summed E-state index contributed by atoms with van der Waals surface area (Å²) in [5.41, 5.74) is 2.59. The van der Waals surface area contributed by atoms with Crippen LogP contribution in [0, 0.1) is 12.7 Å². The van der Waals surface area contributed by atoms with E-state index in [9.17, 15) is 4.39 Å². The van der Waals surface area contributed by atoms with Crippen LogP contribution in [0.25, 0.3) is 11.1 Å². The van der Waals surface area contributed by atoms with Gasteiger partial charge in [-0.25, -0.2) is 4.39 Å². The second kappa shape index (κ2) is 4.68. The van der Waals surface area contributed by atoms with E-state index in [1.807, 2.05) is 31.2 Å². The minimum Gasteiger partial charge on any atom is -0.206 e. The Hall–Kier alpha value is -0.670. The van der Waals surface area contributed by atoms with Crippen LogP contribution >= 0.6 is 31.9 Å². The second-order valence-corrected chi connectivity index (χ2v) is 5.29. The molecule has 16 heavy (non-hydrogen) atoms. The van der Waals surface area contributed by atoms with Crippen LogP contribution in [0.2, 0.25) is 0 Å². The van der Waals surface area contributed by atoms with Crippen molar-refractivity contribution in [2.24, 2.45) is 0 Å². The number of benzene rings is 2. The van der Waals surface area contributed by atoms with Gasteiger partial charge in [0.05, 0.1) is 0 Å². The molecular weight excluding hydrogens is 335 g/mol. The summed E-state index contributed by atoms with van der Waals surface area (Å²) in [5.74, 6) is -0.223. The molecule has 0 amide bonds. The van der Waals surface area contributed by atoms with Gasteiger partial charge in [0, 0.05) is 14.5 Å². The van der Waals surface area contributed by atoms with Crippen molar-refractivity contribution >= 4 is 31.9 Å². The molecule has 2 aromatic carbocycles. The minimum absolute atomic E-state index is 0.223. The molecule has 2 aromatic rings. The Morgan fingerprint density at radius 3 is 2.38 bits per heavy atom. The van der Waals surface area contributed by atoms with Crippen molar-refractivity contribution in [3.8, 4) is 11.1 Å². The fraction of sp³-hybridized carbons (Fsp3) is 0.0769. The van der Waals surface area contributed by atoms with Crippen molar-refractivity contribution in [2.45, 2.75) is 6.92 Å². The van der Waals surface area contributed by atoms with E-state index in [4.69, 9.17) is 0 Å². The van der Waals surface area contributed by atoms with Gasteiger partial charge in [-0.1, -0.05) is 50.1 Å². The normalized spacial score (nSPS) is 10.5. The molecule has 3 heteroatoms. The van der Waals surface area contributed by atoms with Gasteiger partial charge in [-0.15, -0.1) is 0 Å². The maximum absolute atomic E-state index is 13.8. The lowest BCUT2D eigenvalue weighted by molar-refractivity contribution is 0.630. The molecule has 0 bridgehead atoms. The first-order valence-corrected chi connectivity index (χ1v) is 6.38. The molecule has 0 saturated heterocycles. The molecule has 0 atom stereocenters. The first kappa shape index (κ1) is 11.8. The lowest BCUT2D eigenvalue weighted by Gasteiger charge is -2.09. The molecule has 0 aromatic heterocycles. The highest BCUT2D eigenvalue weighted by Crippen LogP contribution is 2.35. The van der Waals surface area contributed by atoms with Crippen LogP contribution in [0.4, 0.5) is 4.39 Å². The fourth-order valence-electron chi connectivity index (χ4n) is 1.58. The molecule has 0 aliphatic rings. The van der Waals surface area contributed by atoms with Gasteiger partial charge >= 0.3 is 0 Å². The van der Waals surface area contributed by atoms with Crippen molar-refractivity contribution in [1.82, 2.24) is 0 Å². The van der Waals surface area contributed by atoms with E-state index in [1.54, 1.807) is 6.07 Å². The average Bonchev–Trinajstić information content (AvgIpc) is 2.20. The Morgan fingerprint density at radius 1 is 1.00 bits per heavy atom. The fourth-order valence-corrected chi connectivity index (χ4v) is 2.83. The van der Waals surface area contributed by atoms with Gasteiger partial charge < -0.3 is 0 Å². The molecule has 0 radical (unpaired) electrons. The van der Waals surface area contributed by atoms with E-state index in [0.29, 0.717) is 5.56 Å². The number of rotatable bonds is 1. The van der Waals surface area contributed by atoms with Crippen LogP contribution in [0.1, 0.15) is 5.56 Å². The highest BCUT2D eigenvalue weighted by molar-refractivity contribution is 9.11. The zero-order chi connectivity index (χ0) is 11.7. The van der Waals surface area contributed by atoms with E-state index in [2.05, 4.69) is 31.9 Å². The zero-order valence-corrected chi connectivity index (χ0v) is 11.8. The number of halogens is 3. The Labute approximate surface area is 111 Å². The predicted molar refractivity (Wildman–Crippen MR) is 72.0 cm³/mol. The quantitative estimate of drug-likeness (QED) is 0.656. The Kier molecular flexibility index (Phi) is 3.45. The van der Waals surface area contributed by atoms with E-state index in [0.717, 1.165) is 20.1 Å². The predicted octanol–water partition coefficient (Wildman–Crippen LogP) is 5.33. The van der Waals surface area contributed by atoms with Crippen LogP contribution in [-0.2, 0) is 0 Å². The Bertz CT molecular complexity index is 515. The SMILES string of the molecule is Cc1ccc(-c2c(F)cccc2Br)c(Br)c1. The standard InChI is InChI=1S/C13H9Br2F/c1-8-5-6-9(11(15)7-8)13-10(14)3-2-4-12(13)16/h2-7H,1H3. The summed E-state index contributed by atoms with van der Waals surface area (Å²) in [7, 11) is 0. The van der Waals surface area contributed by atoms with Gasteiger partial charge in [0.25, 0.3) is 0 Å². The van der Waals surface area contributed by atoms with Crippen molar-refractivity contribution in [3.05, 3.63) is 56.7 Å². The maximum Gasteiger partial charge on any atom is 0.132 e. The van der Waals surface area contributed by atoms with E-state index >= 15 is 0 Å². The van der Waals surface area contributed by atoms with Crippen LogP contribution in [0.3, 0.4) is 0 Å². The molecule has 0 nitrogen and oxygen atoms in total. The van der Waals surface area contributed by atoms with Gasteiger partial charge in [0.2, 0.25) is 0 Å². The summed E-state index contributed by atoms with van der Waals surface area (Å²) in [5, 5.41) is 0. The molecule has 0 unspecified atom stereocenters. The third kappa shape index (κ3) is 2.20. The van der Waals surface area contributed by atoms with E-state index in [1.165, 1.54) is 6.07 Å². The zero-order valence-electron chi connectivity index (χ0n) is 8.60. The summed E-state index contributed by atoms with van der Waals surface area (Å²) >= 11 is 6.84. The van der Waals surface area contributed by atoms with Gasteiger partial charge in [0.15, 0.2) is 0 Å². The van der Waals surface area contributed by atoms with Crippen LogP contribution < -0.4 is 0 Å². The second-order valence-electron chi connectivity index (χ2n) is 3.58. The lowest BCUT2D eigenvalue weighted by Crippen LogP contribution is -1.88. The smallest absolute Gasteiger partial charge is 0.132 e. The monoisotopic (exact) mass is 342 g/mol. The first-order valence-electron chi connectivity index (χ1n) is 4.80. The molecule has 0 fully saturated rings. The highest BCUT2D eigenvalue weighted by Gasteiger charge is 2.11. The maximum atomic E-state index is 13.8. The van der Waals surface area contributed by atoms with Crippen LogP contribution in [-0.4, -0.2) is 0 Å². The summed E-state index contributed by atoms with van der Waals surface area (Å²) in [6.07, 6.45) is 0. The molecule has 82 valence electrons. The molecule has 2 rings (SSSR count). The van der Waals surface area contributed by atoms with Crippen LogP contribution in [0.15, 0.2) is 45.3 Å². The first-order chi connectivity index (χ1) is 7.59. The topological polar surface area (TPSA) is 0 Å². The largest absolute Gasteiger partial charge is 0.206 e. The van der Waals surface area contributed by atoms with Gasteiger partial charge in [-0.2, -0.15) is 0 Å². The summed E-state index contributed by atoms with van der Waals surface area (Å²) < 4.78 is 15.4. The van der Waals surface area contributed by atoms with Gasteiger partial charge in [0.1, 0.15) is 5.82 Å². The number of aryl methyl sites for hydroxylation is 1. The summed E-state index contributed by atoms with van der Waals surface area (Å²) in [6, 6.07) is 10.9. The van der Waals surface area contributed by atoms with E-state index < -0.39 is 0 Å². The van der Waals surface area contributed by atoms with Crippen molar-refractivity contribution in [2.75, 3.05) is 0 Å². The average molecular weight is 344 g/mol. The third-order valence-electron chi connectivity index (χ3n) is 2.36. The van der Waals surface area contributed by atoms with Crippen molar-refractivity contribution in [3.63, 3.8) is 0 Å². The third-order valence-corrected chi connectivity index (χ3v) is 3.67. The lowest BCUT2D eigenvalue weighted by atomic mass is 10.0. The van der Waals surface area contributed by atoms with Crippen molar-refractivity contribution < 1.29 is 4.39 Å². The summed E-state index contributed by atoms with van der Waals surface area (Å²) in [4.78, 5) is 0. The van der Waals surface area contributed by atoms with E-state index in [-0.39, 0.29) is 5.82 Å². The van der Waals surface area contributed by atoms with Crippen molar-refractivity contribution in [1.29, 1.82) is 0 Å². The van der Waals surface area contributed by atoms with Crippen LogP contribution in [0.5, 0.6) is 0 Å².